The van der Waals surface area contributed by atoms with Crippen LogP contribution >= 0.6 is 15.9 Å². The lowest BCUT2D eigenvalue weighted by Gasteiger charge is -2.18. The molecule has 2 aromatic rings. The zero-order valence-electron chi connectivity index (χ0n) is 9.90. The third-order valence-corrected chi connectivity index (χ3v) is 2.98. The number of halogens is 2. The van der Waals surface area contributed by atoms with E-state index in [0.29, 0.717) is 22.5 Å². The zero-order valence-corrected chi connectivity index (χ0v) is 11.5. The summed E-state index contributed by atoms with van der Waals surface area (Å²) >= 11 is 3.19. The van der Waals surface area contributed by atoms with Gasteiger partial charge in [-0.25, -0.2) is 9.37 Å². The molecule has 0 atom stereocenters. The van der Waals surface area contributed by atoms with Crippen LogP contribution in [0, 0.1) is 5.82 Å². The van der Waals surface area contributed by atoms with Crippen molar-refractivity contribution < 1.29 is 4.39 Å². The van der Waals surface area contributed by atoms with Gasteiger partial charge in [-0.05, 0) is 39.7 Å². The average molecular weight is 310 g/mol. The Morgan fingerprint density at radius 2 is 2.00 bits per heavy atom. The molecule has 18 heavy (non-hydrogen) atoms. The van der Waals surface area contributed by atoms with Crippen LogP contribution in [0.5, 0.6) is 0 Å². The van der Waals surface area contributed by atoms with Crippen LogP contribution in [0.3, 0.4) is 0 Å². The molecule has 2 rings (SSSR count). The summed E-state index contributed by atoms with van der Waals surface area (Å²) in [6.45, 7) is 0.575. The quantitative estimate of drug-likeness (QED) is 0.885. The van der Waals surface area contributed by atoms with Gasteiger partial charge in [0, 0.05) is 29.9 Å². The Bertz CT molecular complexity index is 542. The Labute approximate surface area is 114 Å². The molecule has 0 amide bonds. The average Bonchev–Trinajstić information content (AvgIpc) is 2.32. The van der Waals surface area contributed by atoms with Gasteiger partial charge < -0.3 is 10.6 Å². The molecule has 0 bridgehead atoms. The van der Waals surface area contributed by atoms with Gasteiger partial charge in [-0.2, -0.15) is 0 Å². The molecule has 0 saturated carbocycles. The van der Waals surface area contributed by atoms with Crippen LogP contribution in [-0.4, -0.2) is 12.0 Å². The van der Waals surface area contributed by atoms with Crippen molar-refractivity contribution in [3.05, 3.63) is 52.4 Å². The van der Waals surface area contributed by atoms with E-state index in [4.69, 9.17) is 5.73 Å². The van der Waals surface area contributed by atoms with Crippen molar-refractivity contribution in [1.82, 2.24) is 4.98 Å². The molecule has 0 aliphatic rings. The molecule has 1 aromatic heterocycles. The first-order valence-corrected chi connectivity index (χ1v) is 6.22. The number of rotatable bonds is 3. The SMILES string of the molecule is CN(Cc1ccc(N)cc1)c1ncc(Br)cc1F. The van der Waals surface area contributed by atoms with E-state index in [1.807, 2.05) is 24.3 Å². The third kappa shape index (κ3) is 2.98. The number of benzene rings is 1. The van der Waals surface area contributed by atoms with Gasteiger partial charge in [0.2, 0.25) is 0 Å². The zero-order chi connectivity index (χ0) is 13.1. The van der Waals surface area contributed by atoms with E-state index in [1.165, 1.54) is 6.07 Å². The number of aromatic nitrogens is 1. The van der Waals surface area contributed by atoms with E-state index in [1.54, 1.807) is 18.1 Å². The first kappa shape index (κ1) is 12.8. The lowest BCUT2D eigenvalue weighted by atomic mass is 10.2. The number of nitrogens with two attached hydrogens (primary N) is 1. The second kappa shape index (κ2) is 5.35. The van der Waals surface area contributed by atoms with E-state index in [0.717, 1.165) is 5.56 Å². The highest BCUT2D eigenvalue weighted by molar-refractivity contribution is 9.10. The van der Waals surface area contributed by atoms with Crippen LogP contribution in [0.15, 0.2) is 41.0 Å². The Morgan fingerprint density at radius 1 is 1.33 bits per heavy atom. The smallest absolute Gasteiger partial charge is 0.166 e. The summed E-state index contributed by atoms with van der Waals surface area (Å²) in [4.78, 5) is 5.83. The molecule has 0 unspecified atom stereocenters. The molecule has 0 aliphatic carbocycles. The molecule has 5 heteroatoms. The molecule has 3 nitrogen and oxygen atoms in total. The lowest BCUT2D eigenvalue weighted by Crippen LogP contribution is -2.19. The minimum Gasteiger partial charge on any atom is -0.399 e. The van der Waals surface area contributed by atoms with E-state index in [-0.39, 0.29) is 5.82 Å². The number of pyridine rings is 1. The predicted octanol–water partition coefficient (Wildman–Crippen LogP) is 3.20. The maximum Gasteiger partial charge on any atom is 0.166 e. The summed E-state index contributed by atoms with van der Waals surface area (Å²) in [6, 6.07) is 8.90. The molecule has 0 aliphatic heterocycles. The normalized spacial score (nSPS) is 10.4. The number of hydrogen-bond donors (Lipinski definition) is 1. The van der Waals surface area contributed by atoms with Crippen LogP contribution in [0.4, 0.5) is 15.9 Å². The molecule has 0 radical (unpaired) electrons. The van der Waals surface area contributed by atoms with Gasteiger partial charge in [-0.3, -0.25) is 0 Å². The highest BCUT2D eigenvalue weighted by Gasteiger charge is 2.10. The molecule has 1 aromatic carbocycles. The fraction of sp³-hybridized carbons (Fsp3) is 0.154. The molecule has 1 heterocycles. The van der Waals surface area contributed by atoms with Crippen LogP contribution in [0.2, 0.25) is 0 Å². The second-order valence-corrected chi connectivity index (χ2v) is 4.97. The molecule has 0 fully saturated rings. The maximum atomic E-state index is 13.7. The van der Waals surface area contributed by atoms with Crippen molar-refractivity contribution in [3.63, 3.8) is 0 Å². The van der Waals surface area contributed by atoms with E-state index in [2.05, 4.69) is 20.9 Å². The molecule has 0 spiro atoms. The van der Waals surface area contributed by atoms with Gasteiger partial charge in [0.1, 0.15) is 0 Å². The second-order valence-electron chi connectivity index (χ2n) is 4.06. The number of hydrogen-bond acceptors (Lipinski definition) is 3. The Balaban J connectivity index is 2.16. The minimum atomic E-state index is -0.345. The van der Waals surface area contributed by atoms with Crippen molar-refractivity contribution in [2.45, 2.75) is 6.54 Å². The molecule has 0 saturated heterocycles. The largest absolute Gasteiger partial charge is 0.399 e. The first-order chi connectivity index (χ1) is 8.56. The van der Waals surface area contributed by atoms with E-state index >= 15 is 0 Å². The van der Waals surface area contributed by atoms with Crippen molar-refractivity contribution >= 4 is 27.4 Å². The Hall–Kier alpha value is -1.62. The van der Waals surface area contributed by atoms with Crippen molar-refractivity contribution in [2.24, 2.45) is 0 Å². The summed E-state index contributed by atoms with van der Waals surface area (Å²) < 4.78 is 14.3. The standard InChI is InChI=1S/C13H13BrFN3/c1-18(8-9-2-4-11(16)5-3-9)13-12(15)6-10(14)7-17-13/h2-7H,8,16H2,1H3. The van der Waals surface area contributed by atoms with Crippen molar-refractivity contribution in [1.29, 1.82) is 0 Å². The summed E-state index contributed by atoms with van der Waals surface area (Å²) in [5.41, 5.74) is 7.39. The monoisotopic (exact) mass is 309 g/mol. The number of nitrogens with zero attached hydrogens (tertiary/aromatic N) is 2. The number of nitrogen functional groups attached to an aromatic ring is 1. The van der Waals surface area contributed by atoms with Gasteiger partial charge in [0.25, 0.3) is 0 Å². The lowest BCUT2D eigenvalue weighted by molar-refractivity contribution is 0.613. The molecular formula is C13H13BrFN3. The summed E-state index contributed by atoms with van der Waals surface area (Å²) in [6.07, 6.45) is 1.58. The van der Waals surface area contributed by atoms with Gasteiger partial charge in [0.05, 0.1) is 0 Å². The summed E-state index contributed by atoms with van der Waals surface area (Å²) in [5.74, 6) is -0.0163. The topological polar surface area (TPSA) is 42.1 Å². The fourth-order valence-corrected chi connectivity index (χ4v) is 1.96. The molecular weight excluding hydrogens is 297 g/mol. The number of anilines is 2. The summed E-state index contributed by atoms with van der Waals surface area (Å²) in [7, 11) is 1.80. The van der Waals surface area contributed by atoms with Gasteiger partial charge in [-0.1, -0.05) is 12.1 Å². The fourth-order valence-electron chi connectivity index (χ4n) is 1.66. The van der Waals surface area contributed by atoms with Crippen LogP contribution in [0.25, 0.3) is 0 Å². The molecule has 2 N–H and O–H groups in total. The molecule has 94 valence electrons. The van der Waals surface area contributed by atoms with Crippen LogP contribution in [0.1, 0.15) is 5.56 Å². The summed E-state index contributed by atoms with van der Waals surface area (Å²) in [5, 5.41) is 0. The van der Waals surface area contributed by atoms with Gasteiger partial charge in [-0.15, -0.1) is 0 Å². The van der Waals surface area contributed by atoms with Crippen molar-refractivity contribution in [2.75, 3.05) is 17.7 Å². The highest BCUT2D eigenvalue weighted by atomic mass is 79.9. The van der Waals surface area contributed by atoms with Gasteiger partial charge >= 0.3 is 0 Å². The predicted molar refractivity (Wildman–Crippen MR) is 74.9 cm³/mol. The van der Waals surface area contributed by atoms with E-state index < -0.39 is 0 Å². The first-order valence-electron chi connectivity index (χ1n) is 5.43. The third-order valence-electron chi connectivity index (χ3n) is 2.55. The van der Waals surface area contributed by atoms with E-state index in [9.17, 15) is 4.39 Å². The van der Waals surface area contributed by atoms with Gasteiger partial charge in [0.15, 0.2) is 11.6 Å². The van der Waals surface area contributed by atoms with Crippen molar-refractivity contribution in [3.8, 4) is 0 Å². The highest BCUT2D eigenvalue weighted by Crippen LogP contribution is 2.20. The van der Waals surface area contributed by atoms with Crippen LogP contribution in [-0.2, 0) is 6.54 Å². The Kier molecular flexibility index (Phi) is 3.81. The maximum absolute atomic E-state index is 13.7. The Morgan fingerprint density at radius 3 is 2.61 bits per heavy atom. The minimum absolute atomic E-state index is 0.329. The van der Waals surface area contributed by atoms with Crippen LogP contribution < -0.4 is 10.6 Å².